The van der Waals surface area contributed by atoms with Crippen LogP contribution in [0.1, 0.15) is 12.8 Å². The third-order valence-electron chi connectivity index (χ3n) is 1.07. The van der Waals surface area contributed by atoms with Crippen LogP contribution in [0.5, 0.6) is 0 Å². The van der Waals surface area contributed by atoms with Gasteiger partial charge in [-0.1, -0.05) is 6.82 Å². The summed E-state index contributed by atoms with van der Waals surface area (Å²) in [5.41, 5.74) is 0. The van der Waals surface area contributed by atoms with Gasteiger partial charge in [0.1, 0.15) is 0 Å². The Morgan fingerprint density at radius 2 is 1.71 bits per heavy atom. The maximum atomic E-state index is 10.4. The van der Waals surface area contributed by atoms with E-state index in [0.29, 0.717) is 6.42 Å². The van der Waals surface area contributed by atoms with E-state index < -0.39 is 12.9 Å². The van der Waals surface area contributed by atoms with Gasteiger partial charge >= 0.3 is 12.9 Å². The maximum absolute atomic E-state index is 10.4. The van der Waals surface area contributed by atoms with E-state index >= 15 is 0 Å². The Kier molecular flexibility index (Phi) is 8.62. The monoisotopic (exact) mass is 215 g/mol. The molecule has 2 N–H and O–H groups in total. The number of quaternary nitrogens is 1. The smallest absolute Gasteiger partial charge is 0.475 e. The minimum absolute atomic E-state index is 0.250. The molecule has 0 saturated heterocycles. The predicted octanol–water partition coefficient (Wildman–Crippen LogP) is 0.459. The predicted molar refractivity (Wildman–Crippen MR) is 49.5 cm³/mol. The number of carbonyl (C=O) groups is 1. The summed E-state index contributed by atoms with van der Waals surface area (Å²) in [5, 5.41) is 8.22. The lowest BCUT2D eigenvalue weighted by atomic mass is 9.99. The van der Waals surface area contributed by atoms with Crippen LogP contribution in [-0.4, -0.2) is 38.7 Å². The third-order valence-corrected chi connectivity index (χ3v) is 1.07. The molecule has 7 heteroatoms. The molecule has 3 nitrogen and oxygen atoms in total. The number of carboxylic acids is 1. The minimum atomic E-state index is -4.50. The molecule has 0 saturated carbocycles. The zero-order chi connectivity index (χ0) is 11.8. The van der Waals surface area contributed by atoms with Crippen molar-refractivity contribution in [3.8, 4) is 0 Å². The summed E-state index contributed by atoms with van der Waals surface area (Å²) in [5.74, 6) is -0.698. The van der Waals surface area contributed by atoms with Gasteiger partial charge in [-0.15, -0.1) is 0 Å². The lowest BCUT2D eigenvalue weighted by Gasteiger charge is -2.03. The van der Waals surface area contributed by atoms with Gasteiger partial charge < -0.3 is 23.0 Å². The molecule has 0 radical (unpaired) electrons. The molecule has 0 rings (SSSR count). The number of nitrogens with one attached hydrogen (secondary N) is 1. The normalized spacial score (nSPS) is 10.8. The molecule has 0 amide bonds. The van der Waals surface area contributed by atoms with Crippen molar-refractivity contribution in [1.29, 1.82) is 0 Å². The van der Waals surface area contributed by atoms with Crippen LogP contribution in [0.15, 0.2) is 0 Å². The first kappa shape index (κ1) is 15.7. The van der Waals surface area contributed by atoms with Gasteiger partial charge in [-0.3, -0.25) is 4.79 Å². The average molecular weight is 215 g/mol. The van der Waals surface area contributed by atoms with E-state index in [1.807, 2.05) is 14.1 Å². The number of hydrogen-bond acceptors (Lipinski definition) is 1. The fourth-order valence-electron chi connectivity index (χ4n) is 0.593. The van der Waals surface area contributed by atoms with E-state index in [1.165, 1.54) is 4.90 Å². The Labute approximate surface area is 82.0 Å². The average Bonchev–Trinajstić information content (AvgIpc) is 1.80. The first-order valence-electron chi connectivity index (χ1n) is 4.37. The largest absolute Gasteiger partial charge is 0.481 e. The maximum Gasteiger partial charge on any atom is 0.475 e. The molecule has 14 heavy (non-hydrogen) atoms. The molecule has 0 aliphatic rings. The van der Waals surface area contributed by atoms with E-state index in [0.717, 1.165) is 13.0 Å². The van der Waals surface area contributed by atoms with Gasteiger partial charge in [-0.2, -0.15) is 0 Å². The van der Waals surface area contributed by atoms with E-state index in [2.05, 4.69) is 0 Å². The molecule has 86 valence electrons. The summed E-state index contributed by atoms with van der Waals surface area (Å²) in [7, 11) is 4.03. The van der Waals surface area contributed by atoms with Crippen molar-refractivity contribution in [2.45, 2.75) is 19.7 Å². The molecule has 0 aromatic heterocycles. The Bertz CT molecular complexity index is 156. The summed E-state index contributed by atoms with van der Waals surface area (Å²) < 4.78 is 31.2. The third kappa shape index (κ3) is 42.7. The van der Waals surface area contributed by atoms with Crippen molar-refractivity contribution in [2.75, 3.05) is 20.6 Å². The summed E-state index contributed by atoms with van der Waals surface area (Å²) in [6.07, 6.45) is 1.07. The molecular formula is C7H17BF3NO2. The van der Waals surface area contributed by atoms with Crippen molar-refractivity contribution >= 4 is 12.9 Å². The molecule has 0 aromatic carbocycles. The lowest BCUT2D eigenvalue weighted by molar-refractivity contribution is -0.858. The molecule has 0 unspecified atom stereocenters. The van der Waals surface area contributed by atoms with Gasteiger partial charge in [0, 0.05) is 6.42 Å². The number of rotatable bonds is 4. The lowest BCUT2D eigenvalue weighted by Crippen LogP contribution is -3.05. The van der Waals surface area contributed by atoms with Crippen LogP contribution in [-0.2, 0) is 4.79 Å². The second-order valence-corrected chi connectivity index (χ2v) is 3.36. The van der Waals surface area contributed by atoms with Gasteiger partial charge in [0.15, 0.2) is 0 Å². The van der Waals surface area contributed by atoms with Crippen LogP contribution in [0, 0.1) is 0 Å². The van der Waals surface area contributed by atoms with Gasteiger partial charge in [-0.25, -0.2) is 0 Å². The van der Waals surface area contributed by atoms with Crippen LogP contribution in [0.25, 0.3) is 0 Å². The second-order valence-electron chi connectivity index (χ2n) is 3.36. The molecule has 0 aliphatic heterocycles. The molecular weight excluding hydrogens is 198 g/mol. The van der Waals surface area contributed by atoms with Gasteiger partial charge in [-0.05, 0) is 0 Å². The van der Waals surface area contributed by atoms with E-state index in [4.69, 9.17) is 5.11 Å². The van der Waals surface area contributed by atoms with Crippen molar-refractivity contribution in [3.05, 3.63) is 0 Å². The van der Waals surface area contributed by atoms with E-state index in [-0.39, 0.29) is 6.82 Å². The van der Waals surface area contributed by atoms with Crippen LogP contribution in [0.2, 0.25) is 6.82 Å². The molecule has 0 atom stereocenters. The summed E-state index contributed by atoms with van der Waals surface area (Å²) in [4.78, 5) is 11.3. The molecule has 0 aromatic rings. The highest BCUT2D eigenvalue weighted by Gasteiger charge is 2.11. The number of halogens is 3. The fraction of sp³-hybridized carbons (Fsp3) is 0.857. The van der Waals surface area contributed by atoms with E-state index in [1.54, 1.807) is 0 Å². The highest BCUT2D eigenvalue weighted by Crippen LogP contribution is 2.03. The molecule has 0 bridgehead atoms. The first-order chi connectivity index (χ1) is 6.13. The van der Waals surface area contributed by atoms with Crippen LogP contribution < -0.4 is 4.90 Å². The standard InChI is InChI=1S/C6H13NO2.CH3BF3/c1-7(2)5-3-4-6(8)9;1-2(3,4)5/h3-5H2,1-2H3,(H,8,9);1H3/q;-1/p+1. The fourth-order valence-corrected chi connectivity index (χ4v) is 0.593. The molecule has 0 fully saturated rings. The van der Waals surface area contributed by atoms with Crippen molar-refractivity contribution in [2.24, 2.45) is 0 Å². The molecule has 0 heterocycles. The van der Waals surface area contributed by atoms with Crippen molar-refractivity contribution in [1.82, 2.24) is 0 Å². The van der Waals surface area contributed by atoms with Crippen LogP contribution >= 0.6 is 0 Å². The zero-order valence-corrected chi connectivity index (χ0v) is 8.69. The van der Waals surface area contributed by atoms with Crippen molar-refractivity contribution in [3.63, 3.8) is 0 Å². The highest BCUT2D eigenvalue weighted by atomic mass is 19.4. The molecule has 0 aliphatic carbocycles. The topological polar surface area (TPSA) is 41.7 Å². The van der Waals surface area contributed by atoms with Gasteiger partial charge in [0.05, 0.1) is 27.1 Å². The first-order valence-corrected chi connectivity index (χ1v) is 4.37. The van der Waals surface area contributed by atoms with Crippen LogP contribution in [0.3, 0.4) is 0 Å². The van der Waals surface area contributed by atoms with Crippen LogP contribution in [0.4, 0.5) is 12.9 Å². The second kappa shape index (κ2) is 7.67. The summed E-state index contributed by atoms with van der Waals surface area (Å²) in [6.45, 7) is -3.31. The van der Waals surface area contributed by atoms with Gasteiger partial charge in [0.25, 0.3) is 0 Å². The van der Waals surface area contributed by atoms with Crippen molar-refractivity contribution < 1.29 is 27.7 Å². The zero-order valence-electron chi connectivity index (χ0n) is 8.69. The highest BCUT2D eigenvalue weighted by molar-refractivity contribution is 6.56. The number of hydrogen-bond donors (Lipinski definition) is 2. The minimum Gasteiger partial charge on any atom is -0.481 e. The number of carboxylic acid groups (broad SMARTS) is 1. The quantitative estimate of drug-likeness (QED) is 0.669. The Balaban J connectivity index is 0. The summed E-state index contributed by atoms with van der Waals surface area (Å²) >= 11 is 0. The Morgan fingerprint density at radius 1 is 1.36 bits per heavy atom. The summed E-state index contributed by atoms with van der Waals surface area (Å²) in [6, 6.07) is 0. The Morgan fingerprint density at radius 3 is 1.93 bits per heavy atom. The van der Waals surface area contributed by atoms with E-state index in [9.17, 15) is 17.7 Å². The Hall–Kier alpha value is -0.715. The number of aliphatic carboxylic acids is 1. The molecule has 0 spiro atoms. The van der Waals surface area contributed by atoms with Gasteiger partial charge in [0.2, 0.25) is 0 Å². The SMILES string of the molecule is C[B-](F)(F)F.C[NH+](C)CCCC(=O)O.